The summed E-state index contributed by atoms with van der Waals surface area (Å²) >= 11 is 0. The Balaban J connectivity index is 2.01. The summed E-state index contributed by atoms with van der Waals surface area (Å²) in [6.07, 6.45) is 0.393. The van der Waals surface area contributed by atoms with Crippen molar-refractivity contribution in [2.75, 3.05) is 17.7 Å². The van der Waals surface area contributed by atoms with Crippen molar-refractivity contribution in [3.8, 4) is 0 Å². The average molecular weight is 326 g/mol. The molecule has 0 fully saturated rings. The van der Waals surface area contributed by atoms with E-state index in [4.69, 9.17) is 0 Å². The van der Waals surface area contributed by atoms with Crippen LogP contribution in [0.2, 0.25) is 0 Å². The van der Waals surface area contributed by atoms with Gasteiger partial charge in [-0.05, 0) is 48.5 Å². The van der Waals surface area contributed by atoms with E-state index in [0.717, 1.165) is 0 Å². The Morgan fingerprint density at radius 3 is 1.83 bits per heavy atom. The molecule has 2 amide bonds. The van der Waals surface area contributed by atoms with Gasteiger partial charge in [-0.15, -0.1) is 0 Å². The second kappa shape index (κ2) is 7.92. The predicted molar refractivity (Wildman–Crippen MR) is 91.1 cm³/mol. The molecule has 0 bridgehead atoms. The van der Waals surface area contributed by atoms with E-state index in [1.807, 2.05) is 0 Å². The maximum absolute atomic E-state index is 12.2. The summed E-state index contributed by atoms with van der Waals surface area (Å²) in [4.78, 5) is 34.9. The zero-order chi connectivity index (χ0) is 17.5. The van der Waals surface area contributed by atoms with Crippen LogP contribution in [0, 0.1) is 0 Å². The van der Waals surface area contributed by atoms with E-state index >= 15 is 0 Å². The Kier molecular flexibility index (Phi) is 5.68. The van der Waals surface area contributed by atoms with Crippen LogP contribution >= 0.6 is 0 Å². The largest absolute Gasteiger partial charge is 0.465 e. The van der Waals surface area contributed by atoms with Gasteiger partial charge in [0.2, 0.25) is 5.91 Å². The van der Waals surface area contributed by atoms with Crippen LogP contribution in [-0.2, 0) is 9.53 Å². The number of nitrogens with one attached hydrogen (secondary N) is 2. The molecular formula is C18H18N2O4. The second-order valence-corrected chi connectivity index (χ2v) is 5.00. The Bertz CT molecular complexity index is 737. The molecule has 2 aromatic carbocycles. The summed E-state index contributed by atoms with van der Waals surface area (Å²) < 4.78 is 4.62. The lowest BCUT2D eigenvalue weighted by molar-refractivity contribution is -0.115. The molecule has 24 heavy (non-hydrogen) atoms. The monoisotopic (exact) mass is 326 g/mol. The van der Waals surface area contributed by atoms with E-state index in [-0.39, 0.29) is 11.8 Å². The summed E-state index contributed by atoms with van der Waals surface area (Å²) in [7, 11) is 1.31. The average Bonchev–Trinajstić information content (AvgIpc) is 2.62. The van der Waals surface area contributed by atoms with Crippen molar-refractivity contribution < 1.29 is 19.1 Å². The Labute approximate surface area is 139 Å². The van der Waals surface area contributed by atoms with Crippen LogP contribution in [0.5, 0.6) is 0 Å². The van der Waals surface area contributed by atoms with Gasteiger partial charge in [0.25, 0.3) is 5.91 Å². The first-order chi connectivity index (χ1) is 11.5. The minimum Gasteiger partial charge on any atom is -0.465 e. The molecule has 0 unspecified atom stereocenters. The molecule has 0 aliphatic heterocycles. The summed E-state index contributed by atoms with van der Waals surface area (Å²) in [6, 6.07) is 13.0. The van der Waals surface area contributed by atoms with Gasteiger partial charge in [-0.1, -0.05) is 6.92 Å². The third-order valence-electron chi connectivity index (χ3n) is 3.32. The molecule has 124 valence electrons. The minimum absolute atomic E-state index is 0.0853. The molecule has 0 saturated carbocycles. The molecule has 2 N–H and O–H groups in total. The first kappa shape index (κ1) is 17.2. The van der Waals surface area contributed by atoms with E-state index in [2.05, 4.69) is 15.4 Å². The van der Waals surface area contributed by atoms with Crippen LogP contribution in [0.1, 0.15) is 34.1 Å². The van der Waals surface area contributed by atoms with E-state index in [0.29, 0.717) is 28.9 Å². The molecule has 6 heteroatoms. The van der Waals surface area contributed by atoms with E-state index < -0.39 is 5.97 Å². The highest BCUT2D eigenvalue weighted by Gasteiger charge is 2.08. The fourth-order valence-corrected chi connectivity index (χ4v) is 1.97. The number of methoxy groups -OCH3 is 1. The van der Waals surface area contributed by atoms with Gasteiger partial charge in [-0.2, -0.15) is 0 Å². The van der Waals surface area contributed by atoms with Gasteiger partial charge >= 0.3 is 5.97 Å². The van der Waals surface area contributed by atoms with Crippen molar-refractivity contribution in [1.82, 2.24) is 0 Å². The molecule has 0 radical (unpaired) electrons. The number of carbonyl (C=O) groups excluding carboxylic acids is 3. The topological polar surface area (TPSA) is 84.5 Å². The summed E-state index contributed by atoms with van der Waals surface area (Å²) in [5.41, 5.74) is 2.07. The fourth-order valence-electron chi connectivity index (χ4n) is 1.97. The van der Waals surface area contributed by atoms with Crippen LogP contribution in [0.4, 0.5) is 11.4 Å². The lowest BCUT2D eigenvalue weighted by atomic mass is 10.1. The molecule has 0 saturated heterocycles. The van der Waals surface area contributed by atoms with Crippen LogP contribution in [0.3, 0.4) is 0 Å². The van der Waals surface area contributed by atoms with E-state index in [9.17, 15) is 14.4 Å². The van der Waals surface area contributed by atoms with Crippen molar-refractivity contribution in [3.63, 3.8) is 0 Å². The third-order valence-corrected chi connectivity index (χ3v) is 3.32. The number of benzene rings is 2. The first-order valence-electron chi connectivity index (χ1n) is 7.43. The van der Waals surface area contributed by atoms with Crippen molar-refractivity contribution in [1.29, 1.82) is 0 Å². The van der Waals surface area contributed by atoms with Crippen molar-refractivity contribution >= 4 is 29.2 Å². The molecule has 2 rings (SSSR count). The maximum atomic E-state index is 12.2. The number of anilines is 2. The van der Waals surface area contributed by atoms with Gasteiger partial charge in [0.1, 0.15) is 0 Å². The van der Waals surface area contributed by atoms with Gasteiger partial charge in [-0.25, -0.2) is 4.79 Å². The molecule has 0 spiro atoms. The standard InChI is InChI=1S/C18H18N2O4/c1-3-16(21)19-14-8-4-12(5-9-14)17(22)20-15-10-6-13(7-11-15)18(23)24-2/h4-11H,3H2,1-2H3,(H,19,21)(H,20,22). The molecule has 0 aliphatic carbocycles. The predicted octanol–water partition coefficient (Wildman–Crippen LogP) is 3.07. The second-order valence-electron chi connectivity index (χ2n) is 5.00. The highest BCUT2D eigenvalue weighted by molar-refractivity contribution is 6.05. The minimum atomic E-state index is -0.433. The van der Waals surface area contributed by atoms with Crippen LogP contribution in [-0.4, -0.2) is 24.9 Å². The number of rotatable bonds is 5. The Morgan fingerprint density at radius 1 is 0.833 bits per heavy atom. The third kappa shape index (κ3) is 4.42. The molecule has 0 heterocycles. The number of carbonyl (C=O) groups is 3. The molecule has 0 atom stereocenters. The zero-order valence-corrected chi connectivity index (χ0v) is 13.5. The lowest BCUT2D eigenvalue weighted by Gasteiger charge is -2.07. The maximum Gasteiger partial charge on any atom is 0.337 e. The van der Waals surface area contributed by atoms with Crippen LogP contribution < -0.4 is 10.6 Å². The Hall–Kier alpha value is -3.15. The smallest absolute Gasteiger partial charge is 0.337 e. The fraction of sp³-hybridized carbons (Fsp3) is 0.167. The highest BCUT2D eigenvalue weighted by Crippen LogP contribution is 2.14. The number of esters is 1. The number of hydrogen-bond acceptors (Lipinski definition) is 4. The van der Waals surface area contributed by atoms with E-state index in [1.54, 1.807) is 55.5 Å². The summed E-state index contributed by atoms with van der Waals surface area (Å²) in [5.74, 6) is -0.801. The van der Waals surface area contributed by atoms with Crippen molar-refractivity contribution in [2.24, 2.45) is 0 Å². The van der Waals surface area contributed by atoms with Gasteiger partial charge < -0.3 is 15.4 Å². The van der Waals surface area contributed by atoms with Crippen molar-refractivity contribution in [3.05, 3.63) is 59.7 Å². The molecule has 2 aromatic rings. The number of hydrogen-bond donors (Lipinski definition) is 2. The zero-order valence-electron chi connectivity index (χ0n) is 13.5. The summed E-state index contributed by atoms with van der Waals surface area (Å²) in [5, 5.41) is 5.45. The highest BCUT2D eigenvalue weighted by atomic mass is 16.5. The van der Waals surface area contributed by atoms with Crippen LogP contribution in [0.15, 0.2) is 48.5 Å². The van der Waals surface area contributed by atoms with Crippen LogP contribution in [0.25, 0.3) is 0 Å². The quantitative estimate of drug-likeness (QED) is 0.827. The SMILES string of the molecule is CCC(=O)Nc1ccc(C(=O)Nc2ccc(C(=O)OC)cc2)cc1. The normalized spacial score (nSPS) is 9.92. The van der Waals surface area contributed by atoms with Crippen molar-refractivity contribution in [2.45, 2.75) is 13.3 Å². The van der Waals surface area contributed by atoms with Gasteiger partial charge in [-0.3, -0.25) is 9.59 Å². The first-order valence-corrected chi connectivity index (χ1v) is 7.43. The Morgan fingerprint density at radius 2 is 1.33 bits per heavy atom. The summed E-state index contributed by atoms with van der Waals surface area (Å²) in [6.45, 7) is 1.77. The molecule has 0 aliphatic rings. The lowest BCUT2D eigenvalue weighted by Crippen LogP contribution is -2.13. The van der Waals surface area contributed by atoms with E-state index in [1.165, 1.54) is 7.11 Å². The van der Waals surface area contributed by atoms with Gasteiger partial charge in [0.05, 0.1) is 12.7 Å². The number of ether oxygens (including phenoxy) is 1. The molecule has 0 aromatic heterocycles. The van der Waals surface area contributed by atoms with Gasteiger partial charge in [0.15, 0.2) is 0 Å². The van der Waals surface area contributed by atoms with Gasteiger partial charge in [0, 0.05) is 23.4 Å². The molecule has 6 nitrogen and oxygen atoms in total. The molecular weight excluding hydrogens is 308 g/mol. The number of amides is 2.